The summed E-state index contributed by atoms with van der Waals surface area (Å²) in [5.41, 5.74) is 2.70. The van der Waals surface area contributed by atoms with Gasteiger partial charge in [-0.15, -0.1) is 0 Å². The van der Waals surface area contributed by atoms with Crippen molar-refractivity contribution >= 4 is 5.91 Å². The zero-order valence-corrected chi connectivity index (χ0v) is 12.3. The molecule has 0 saturated carbocycles. The number of carbonyl (C=O) groups is 1. The Morgan fingerprint density at radius 2 is 2.10 bits per heavy atom. The number of nitrogens with one attached hydrogen (secondary N) is 1. The van der Waals surface area contributed by atoms with E-state index in [9.17, 15) is 4.79 Å². The van der Waals surface area contributed by atoms with Crippen LogP contribution in [0.5, 0.6) is 0 Å². The lowest BCUT2D eigenvalue weighted by Crippen LogP contribution is -2.50. The van der Waals surface area contributed by atoms with E-state index in [0.717, 1.165) is 25.9 Å². The molecule has 2 unspecified atom stereocenters. The van der Waals surface area contributed by atoms with Gasteiger partial charge in [-0.3, -0.25) is 9.69 Å². The molecule has 0 aromatic heterocycles. The lowest BCUT2D eigenvalue weighted by atomic mass is 9.98. The fraction of sp³-hybridized carbons (Fsp3) is 0.562. The molecular weight excluding hydrogens is 252 g/mol. The average Bonchev–Trinajstić information content (AvgIpc) is 2.51. The Labute approximate surface area is 120 Å². The Morgan fingerprint density at radius 1 is 1.40 bits per heavy atom. The molecule has 4 nitrogen and oxygen atoms in total. The number of nitrogens with zero attached hydrogens (tertiary/aromatic N) is 1. The summed E-state index contributed by atoms with van der Waals surface area (Å²) < 4.78 is 0. The minimum Gasteiger partial charge on any atom is -0.394 e. The topological polar surface area (TPSA) is 52.6 Å². The molecule has 1 aromatic carbocycles. The normalized spacial score (nSPS) is 18.1. The third-order valence-electron chi connectivity index (χ3n) is 4.15. The molecule has 4 heteroatoms. The van der Waals surface area contributed by atoms with Crippen LogP contribution in [0.25, 0.3) is 0 Å². The van der Waals surface area contributed by atoms with Crippen molar-refractivity contribution in [3.05, 3.63) is 35.4 Å². The molecule has 2 N–H and O–H groups in total. The largest absolute Gasteiger partial charge is 0.394 e. The molecule has 110 valence electrons. The lowest BCUT2D eigenvalue weighted by molar-refractivity contribution is -0.127. The van der Waals surface area contributed by atoms with Gasteiger partial charge in [-0.05, 0) is 30.9 Å². The summed E-state index contributed by atoms with van der Waals surface area (Å²) >= 11 is 0. The van der Waals surface area contributed by atoms with Crippen LogP contribution in [0.1, 0.15) is 31.4 Å². The summed E-state index contributed by atoms with van der Waals surface area (Å²) in [5, 5.41) is 12.1. The Kier molecular flexibility index (Phi) is 5.15. The molecule has 0 bridgehead atoms. The molecular formula is C16H24N2O2. The third-order valence-corrected chi connectivity index (χ3v) is 4.15. The smallest absolute Gasteiger partial charge is 0.237 e. The van der Waals surface area contributed by atoms with Gasteiger partial charge in [-0.1, -0.05) is 31.2 Å². The number of benzene rings is 1. The molecule has 0 saturated heterocycles. The monoisotopic (exact) mass is 276 g/mol. The van der Waals surface area contributed by atoms with Crippen LogP contribution in [-0.2, 0) is 17.8 Å². The number of carbonyl (C=O) groups excluding carboxylic acids is 1. The van der Waals surface area contributed by atoms with Gasteiger partial charge in [0.05, 0.1) is 18.7 Å². The van der Waals surface area contributed by atoms with Gasteiger partial charge in [0, 0.05) is 13.1 Å². The number of aliphatic hydroxyl groups is 1. The zero-order valence-electron chi connectivity index (χ0n) is 12.3. The molecule has 1 amide bonds. The molecule has 0 radical (unpaired) electrons. The quantitative estimate of drug-likeness (QED) is 0.853. The predicted octanol–water partition coefficient (Wildman–Crippen LogP) is 1.32. The van der Waals surface area contributed by atoms with E-state index in [2.05, 4.69) is 28.4 Å². The van der Waals surface area contributed by atoms with Crippen molar-refractivity contribution < 1.29 is 9.90 Å². The van der Waals surface area contributed by atoms with E-state index < -0.39 is 0 Å². The van der Waals surface area contributed by atoms with Crippen LogP contribution in [-0.4, -0.2) is 41.1 Å². The minimum atomic E-state index is -0.163. The van der Waals surface area contributed by atoms with Gasteiger partial charge in [-0.2, -0.15) is 0 Å². The van der Waals surface area contributed by atoms with Crippen molar-refractivity contribution in [2.45, 2.75) is 45.3 Å². The molecule has 2 rings (SSSR count). The third kappa shape index (κ3) is 3.38. The first-order valence-electron chi connectivity index (χ1n) is 7.37. The number of hydrogen-bond acceptors (Lipinski definition) is 3. The molecule has 20 heavy (non-hydrogen) atoms. The zero-order chi connectivity index (χ0) is 14.5. The van der Waals surface area contributed by atoms with Gasteiger partial charge in [0.1, 0.15) is 0 Å². The summed E-state index contributed by atoms with van der Waals surface area (Å²) in [4.78, 5) is 14.4. The maximum atomic E-state index is 12.2. The van der Waals surface area contributed by atoms with Crippen LogP contribution in [0.15, 0.2) is 24.3 Å². The van der Waals surface area contributed by atoms with Gasteiger partial charge in [-0.25, -0.2) is 0 Å². The highest BCUT2D eigenvalue weighted by atomic mass is 16.3. The summed E-state index contributed by atoms with van der Waals surface area (Å²) in [6, 6.07) is 8.11. The van der Waals surface area contributed by atoms with E-state index in [1.165, 1.54) is 11.1 Å². The predicted molar refractivity (Wildman–Crippen MR) is 79.3 cm³/mol. The highest BCUT2D eigenvalue weighted by Crippen LogP contribution is 2.20. The fourth-order valence-corrected chi connectivity index (χ4v) is 2.61. The summed E-state index contributed by atoms with van der Waals surface area (Å²) in [5.74, 6) is 0.00489. The first-order chi connectivity index (χ1) is 9.65. The van der Waals surface area contributed by atoms with Crippen molar-refractivity contribution in [1.82, 2.24) is 10.2 Å². The molecule has 0 spiro atoms. The summed E-state index contributed by atoms with van der Waals surface area (Å²) in [7, 11) is 0. The van der Waals surface area contributed by atoms with E-state index in [1.54, 1.807) is 0 Å². The molecule has 1 aliphatic heterocycles. The summed E-state index contributed by atoms with van der Waals surface area (Å²) in [6.45, 7) is 5.62. The molecule has 1 aromatic rings. The van der Waals surface area contributed by atoms with Crippen LogP contribution < -0.4 is 5.32 Å². The van der Waals surface area contributed by atoms with Crippen LogP contribution in [0, 0.1) is 0 Å². The van der Waals surface area contributed by atoms with Crippen molar-refractivity contribution in [3.63, 3.8) is 0 Å². The Hall–Kier alpha value is -1.39. The van der Waals surface area contributed by atoms with Crippen molar-refractivity contribution in [3.8, 4) is 0 Å². The molecule has 0 aliphatic carbocycles. The maximum absolute atomic E-state index is 12.2. The van der Waals surface area contributed by atoms with Gasteiger partial charge in [0.2, 0.25) is 5.91 Å². The van der Waals surface area contributed by atoms with Crippen LogP contribution in [0.3, 0.4) is 0 Å². The van der Waals surface area contributed by atoms with Crippen LogP contribution >= 0.6 is 0 Å². The van der Waals surface area contributed by atoms with E-state index in [-0.39, 0.29) is 24.6 Å². The summed E-state index contributed by atoms with van der Waals surface area (Å²) in [6.07, 6.45) is 1.74. The average molecular weight is 276 g/mol. The molecule has 1 aliphatic rings. The second-order valence-electron chi connectivity index (χ2n) is 5.46. The first-order valence-corrected chi connectivity index (χ1v) is 7.37. The van der Waals surface area contributed by atoms with Gasteiger partial charge >= 0.3 is 0 Å². The van der Waals surface area contributed by atoms with Crippen molar-refractivity contribution in [2.24, 2.45) is 0 Å². The number of fused-ring (bicyclic) bond motifs is 1. The number of aliphatic hydroxyl groups excluding tert-OH is 1. The number of rotatable bonds is 5. The SMILES string of the molecule is CCC(CO)NC(=O)C(C)N1CCc2ccccc2C1. The van der Waals surface area contributed by atoms with Gasteiger partial charge in [0.25, 0.3) is 0 Å². The first kappa shape index (κ1) is 15.0. The van der Waals surface area contributed by atoms with Crippen LogP contribution in [0.4, 0.5) is 0 Å². The van der Waals surface area contributed by atoms with E-state index in [1.807, 2.05) is 19.9 Å². The number of hydrogen-bond donors (Lipinski definition) is 2. The lowest BCUT2D eigenvalue weighted by Gasteiger charge is -2.33. The van der Waals surface area contributed by atoms with E-state index >= 15 is 0 Å². The Balaban J connectivity index is 1.97. The molecule has 2 atom stereocenters. The maximum Gasteiger partial charge on any atom is 0.237 e. The molecule has 0 fully saturated rings. The minimum absolute atomic E-state index is 0.00219. The highest BCUT2D eigenvalue weighted by molar-refractivity contribution is 5.81. The number of amides is 1. The van der Waals surface area contributed by atoms with Crippen molar-refractivity contribution in [1.29, 1.82) is 0 Å². The van der Waals surface area contributed by atoms with E-state index in [0.29, 0.717) is 0 Å². The second-order valence-corrected chi connectivity index (χ2v) is 5.46. The molecule has 1 heterocycles. The highest BCUT2D eigenvalue weighted by Gasteiger charge is 2.26. The van der Waals surface area contributed by atoms with Gasteiger partial charge < -0.3 is 10.4 Å². The second kappa shape index (κ2) is 6.86. The van der Waals surface area contributed by atoms with E-state index in [4.69, 9.17) is 5.11 Å². The Morgan fingerprint density at radius 3 is 2.75 bits per heavy atom. The fourth-order valence-electron chi connectivity index (χ4n) is 2.61. The van der Waals surface area contributed by atoms with Gasteiger partial charge in [0.15, 0.2) is 0 Å². The van der Waals surface area contributed by atoms with Crippen molar-refractivity contribution in [2.75, 3.05) is 13.2 Å². The standard InChI is InChI=1S/C16H24N2O2/c1-3-15(11-19)17-16(20)12(2)18-9-8-13-6-4-5-7-14(13)10-18/h4-7,12,15,19H,3,8-11H2,1-2H3,(H,17,20). The Bertz CT molecular complexity index is 458. The van der Waals surface area contributed by atoms with Crippen LogP contribution in [0.2, 0.25) is 0 Å².